The zero-order chi connectivity index (χ0) is 12.1. The molecule has 1 aromatic rings. The molecule has 1 rings (SSSR count). The van der Waals surface area contributed by atoms with Crippen LogP contribution in [-0.4, -0.2) is 20.2 Å². The molecule has 0 N–H and O–H groups in total. The minimum absolute atomic E-state index is 0.360. The lowest BCUT2D eigenvalue weighted by Gasteiger charge is -2.11. The Kier molecular flexibility index (Phi) is 4.11. The van der Waals surface area contributed by atoms with Crippen LogP contribution in [-0.2, 0) is 9.53 Å². The van der Waals surface area contributed by atoms with Crippen molar-refractivity contribution < 1.29 is 14.3 Å². The van der Waals surface area contributed by atoms with Crippen molar-refractivity contribution in [1.82, 2.24) is 0 Å². The Labute approximate surface area is 95.7 Å². The van der Waals surface area contributed by atoms with E-state index in [1.807, 2.05) is 32.0 Å². The molecule has 0 atom stereocenters. The van der Waals surface area contributed by atoms with Crippen molar-refractivity contribution in [2.75, 3.05) is 14.2 Å². The lowest BCUT2D eigenvalue weighted by molar-refractivity contribution is -0.134. The van der Waals surface area contributed by atoms with E-state index in [1.54, 1.807) is 7.11 Å². The highest BCUT2D eigenvalue weighted by molar-refractivity contribution is 5.91. The van der Waals surface area contributed by atoms with Crippen LogP contribution >= 0.6 is 0 Å². The van der Waals surface area contributed by atoms with Gasteiger partial charge in [0.15, 0.2) is 0 Å². The first-order valence-electron chi connectivity index (χ1n) is 5.00. The molecule has 0 aliphatic carbocycles. The molecule has 0 radical (unpaired) electrons. The van der Waals surface area contributed by atoms with Gasteiger partial charge in [-0.1, -0.05) is 18.2 Å². The Morgan fingerprint density at radius 2 is 2.00 bits per heavy atom. The largest absolute Gasteiger partial charge is 0.496 e. The molecule has 0 amide bonds. The number of para-hydroxylation sites is 1. The van der Waals surface area contributed by atoms with Crippen LogP contribution < -0.4 is 4.74 Å². The molecule has 16 heavy (non-hydrogen) atoms. The Morgan fingerprint density at radius 1 is 1.31 bits per heavy atom. The number of aryl methyl sites for hydroxylation is 1. The van der Waals surface area contributed by atoms with Crippen LogP contribution in [0, 0.1) is 6.92 Å². The van der Waals surface area contributed by atoms with Crippen LogP contribution in [0.25, 0.3) is 5.57 Å². The second-order valence-corrected chi connectivity index (χ2v) is 3.51. The van der Waals surface area contributed by atoms with Gasteiger partial charge in [0.05, 0.1) is 14.2 Å². The topological polar surface area (TPSA) is 35.5 Å². The van der Waals surface area contributed by atoms with Crippen LogP contribution in [0.5, 0.6) is 5.75 Å². The second-order valence-electron chi connectivity index (χ2n) is 3.51. The second kappa shape index (κ2) is 5.35. The summed E-state index contributed by atoms with van der Waals surface area (Å²) in [6.07, 6.45) is 1.46. The minimum Gasteiger partial charge on any atom is -0.496 e. The molecule has 0 fully saturated rings. The molecule has 3 nitrogen and oxygen atoms in total. The van der Waals surface area contributed by atoms with Crippen LogP contribution in [0.2, 0.25) is 0 Å². The summed E-state index contributed by atoms with van der Waals surface area (Å²) in [4.78, 5) is 11.1. The summed E-state index contributed by atoms with van der Waals surface area (Å²) in [6, 6.07) is 5.82. The van der Waals surface area contributed by atoms with Gasteiger partial charge in [-0.25, -0.2) is 4.79 Å². The molecule has 0 aliphatic heterocycles. The molecule has 3 heteroatoms. The van der Waals surface area contributed by atoms with E-state index in [1.165, 1.54) is 13.2 Å². The number of benzene rings is 1. The van der Waals surface area contributed by atoms with E-state index < -0.39 is 0 Å². The summed E-state index contributed by atoms with van der Waals surface area (Å²) in [7, 11) is 2.98. The van der Waals surface area contributed by atoms with Gasteiger partial charge in [-0.2, -0.15) is 0 Å². The summed E-state index contributed by atoms with van der Waals surface area (Å²) < 4.78 is 9.91. The highest BCUT2D eigenvalue weighted by Gasteiger charge is 2.08. The Hall–Kier alpha value is -1.77. The van der Waals surface area contributed by atoms with Gasteiger partial charge in [-0.15, -0.1) is 0 Å². The number of rotatable bonds is 3. The zero-order valence-corrected chi connectivity index (χ0v) is 10.0. The molecule has 0 saturated carbocycles. The summed E-state index contributed by atoms with van der Waals surface area (Å²) in [5, 5.41) is 0. The van der Waals surface area contributed by atoms with Crippen molar-refractivity contribution in [3.63, 3.8) is 0 Å². The normalized spacial score (nSPS) is 11.1. The van der Waals surface area contributed by atoms with Crippen LogP contribution in [0.3, 0.4) is 0 Å². The summed E-state index contributed by atoms with van der Waals surface area (Å²) >= 11 is 0. The van der Waals surface area contributed by atoms with Crippen LogP contribution in [0.1, 0.15) is 18.1 Å². The molecule has 1 aromatic carbocycles. The SMILES string of the molecule is COC(=O)/C=C(\C)c1cccc(C)c1OC. The quantitative estimate of drug-likeness (QED) is 0.580. The number of carbonyl (C=O) groups is 1. The molecular formula is C13H16O3. The van der Waals surface area contributed by atoms with Gasteiger partial charge in [-0.3, -0.25) is 0 Å². The van der Waals surface area contributed by atoms with Gasteiger partial charge in [-0.05, 0) is 25.0 Å². The van der Waals surface area contributed by atoms with Crippen molar-refractivity contribution in [2.24, 2.45) is 0 Å². The molecule has 0 aromatic heterocycles. The number of carbonyl (C=O) groups excluding carboxylic acids is 1. The number of methoxy groups -OCH3 is 2. The summed E-state index contributed by atoms with van der Waals surface area (Å²) in [5.74, 6) is 0.432. The van der Waals surface area contributed by atoms with Gasteiger partial charge >= 0.3 is 5.97 Å². The number of ether oxygens (including phenoxy) is 2. The first-order valence-corrected chi connectivity index (χ1v) is 5.00. The van der Waals surface area contributed by atoms with Gasteiger partial charge in [0.2, 0.25) is 0 Å². The number of hydrogen-bond donors (Lipinski definition) is 0. The van der Waals surface area contributed by atoms with E-state index >= 15 is 0 Å². The predicted octanol–water partition coefficient (Wildman–Crippen LogP) is 2.58. The molecule has 0 bridgehead atoms. The number of esters is 1. The Morgan fingerprint density at radius 3 is 2.56 bits per heavy atom. The fourth-order valence-electron chi connectivity index (χ4n) is 1.55. The highest BCUT2D eigenvalue weighted by Crippen LogP contribution is 2.28. The molecule has 86 valence electrons. The van der Waals surface area contributed by atoms with E-state index in [4.69, 9.17) is 4.74 Å². The van der Waals surface area contributed by atoms with Gasteiger partial charge in [0.25, 0.3) is 0 Å². The Bertz CT molecular complexity index is 419. The van der Waals surface area contributed by atoms with Crippen molar-refractivity contribution in [3.05, 3.63) is 35.4 Å². The van der Waals surface area contributed by atoms with E-state index in [2.05, 4.69) is 4.74 Å². The number of allylic oxidation sites excluding steroid dienone is 1. The smallest absolute Gasteiger partial charge is 0.330 e. The maximum absolute atomic E-state index is 11.1. The molecule has 0 unspecified atom stereocenters. The van der Waals surface area contributed by atoms with Crippen LogP contribution in [0.15, 0.2) is 24.3 Å². The molecule has 0 heterocycles. The third kappa shape index (κ3) is 2.63. The van der Waals surface area contributed by atoms with Crippen molar-refractivity contribution in [2.45, 2.75) is 13.8 Å². The van der Waals surface area contributed by atoms with Crippen molar-refractivity contribution in [1.29, 1.82) is 0 Å². The van der Waals surface area contributed by atoms with Gasteiger partial charge < -0.3 is 9.47 Å². The maximum atomic E-state index is 11.1. The maximum Gasteiger partial charge on any atom is 0.330 e. The van der Waals surface area contributed by atoms with E-state index in [-0.39, 0.29) is 5.97 Å². The molecule has 0 spiro atoms. The highest BCUT2D eigenvalue weighted by atomic mass is 16.5. The van der Waals surface area contributed by atoms with Gasteiger partial charge in [0.1, 0.15) is 5.75 Å². The average molecular weight is 220 g/mol. The van der Waals surface area contributed by atoms with E-state index in [0.717, 1.165) is 22.4 Å². The average Bonchev–Trinajstić information content (AvgIpc) is 2.28. The minimum atomic E-state index is -0.360. The van der Waals surface area contributed by atoms with Crippen LogP contribution in [0.4, 0.5) is 0 Å². The number of hydrogen-bond acceptors (Lipinski definition) is 3. The van der Waals surface area contributed by atoms with E-state index in [0.29, 0.717) is 0 Å². The lowest BCUT2D eigenvalue weighted by Crippen LogP contribution is -1.98. The lowest BCUT2D eigenvalue weighted by atomic mass is 10.0. The van der Waals surface area contributed by atoms with E-state index in [9.17, 15) is 4.79 Å². The Balaban J connectivity index is 3.18. The molecular weight excluding hydrogens is 204 g/mol. The monoisotopic (exact) mass is 220 g/mol. The zero-order valence-electron chi connectivity index (χ0n) is 10.0. The standard InChI is InChI=1S/C13H16O3/c1-9-6-5-7-11(13(9)16-4)10(2)8-12(14)15-3/h5-8H,1-4H3/b10-8+. The van der Waals surface area contributed by atoms with Crippen molar-refractivity contribution in [3.8, 4) is 5.75 Å². The summed E-state index contributed by atoms with van der Waals surface area (Å²) in [5.41, 5.74) is 2.78. The molecule has 0 saturated heterocycles. The fraction of sp³-hybridized carbons (Fsp3) is 0.308. The first kappa shape index (κ1) is 12.3. The predicted molar refractivity (Wildman–Crippen MR) is 63.4 cm³/mol. The van der Waals surface area contributed by atoms with Gasteiger partial charge in [0, 0.05) is 11.6 Å². The third-order valence-electron chi connectivity index (χ3n) is 2.38. The van der Waals surface area contributed by atoms with Crippen molar-refractivity contribution >= 4 is 11.5 Å². The molecule has 0 aliphatic rings. The fourth-order valence-corrected chi connectivity index (χ4v) is 1.55. The first-order chi connectivity index (χ1) is 7.60. The summed E-state index contributed by atoms with van der Waals surface area (Å²) in [6.45, 7) is 3.82. The third-order valence-corrected chi connectivity index (χ3v) is 2.38.